The Balaban J connectivity index is 0.000000222. The number of β-amino-alcohol motifs (C(OH)–C–C–N with tert-alkyl or cyclic N) is 1. The fourth-order valence-corrected chi connectivity index (χ4v) is 13.6. The number of benzene rings is 5. The van der Waals surface area contributed by atoms with Crippen LogP contribution in [0.15, 0.2) is 169 Å². The lowest BCUT2D eigenvalue weighted by molar-refractivity contribution is -0.132. The number of nitrogens with one attached hydrogen (secondary N) is 3. The van der Waals surface area contributed by atoms with Crippen LogP contribution in [0.25, 0.3) is 17.2 Å². The lowest BCUT2D eigenvalue weighted by Crippen LogP contribution is -2.61. The van der Waals surface area contributed by atoms with Crippen LogP contribution in [0.3, 0.4) is 0 Å². The maximum atomic E-state index is 13.8. The summed E-state index contributed by atoms with van der Waals surface area (Å²) in [4.78, 5) is 56.9. The van der Waals surface area contributed by atoms with Crippen molar-refractivity contribution >= 4 is 46.0 Å². The Morgan fingerprint density at radius 3 is 2.29 bits per heavy atom. The third kappa shape index (κ3) is 20.6. The van der Waals surface area contributed by atoms with E-state index in [0.717, 1.165) is 119 Å². The number of rotatable bonds is 28. The van der Waals surface area contributed by atoms with Crippen LogP contribution in [0.4, 0.5) is 11.4 Å². The molecule has 5 aromatic carbocycles. The molecule has 17 nitrogen and oxygen atoms in total. The number of aromatic nitrogens is 3. The summed E-state index contributed by atoms with van der Waals surface area (Å²) in [5.74, 6) is 0.790. The Labute approximate surface area is 558 Å². The molecule has 0 radical (unpaired) electrons. The predicted molar refractivity (Wildman–Crippen MR) is 375 cm³/mol. The van der Waals surface area contributed by atoms with Crippen molar-refractivity contribution in [3.8, 4) is 16.9 Å². The van der Waals surface area contributed by atoms with Gasteiger partial charge < -0.3 is 45.1 Å². The van der Waals surface area contributed by atoms with Crippen molar-refractivity contribution in [1.29, 1.82) is 0 Å². The van der Waals surface area contributed by atoms with Crippen LogP contribution in [0.2, 0.25) is 0 Å². The number of hydrogen-bond donors (Lipinski definition) is 5. The van der Waals surface area contributed by atoms with Gasteiger partial charge in [0.15, 0.2) is 0 Å². The molecule has 0 bridgehead atoms. The molecule has 1 aliphatic carbocycles. The van der Waals surface area contributed by atoms with Crippen LogP contribution >= 0.6 is 0 Å². The van der Waals surface area contributed by atoms with Gasteiger partial charge in [0.2, 0.25) is 11.8 Å². The molecule has 94 heavy (non-hydrogen) atoms. The number of aliphatic hydroxyl groups excluding tert-OH is 2. The van der Waals surface area contributed by atoms with Crippen molar-refractivity contribution in [3.63, 3.8) is 0 Å². The van der Waals surface area contributed by atoms with Crippen LogP contribution in [0.5, 0.6) is 5.75 Å². The number of aryl methyl sites for hydroxylation is 1. The molecule has 1 saturated heterocycles. The summed E-state index contributed by atoms with van der Waals surface area (Å²) in [6.07, 6.45) is 12.7. The van der Waals surface area contributed by atoms with E-state index in [1.165, 1.54) is 0 Å². The number of aliphatic hydroxyl groups is 2. The highest BCUT2D eigenvalue weighted by molar-refractivity contribution is 7.84. The first-order valence-electron chi connectivity index (χ1n) is 33.5. The first-order chi connectivity index (χ1) is 45.4. The van der Waals surface area contributed by atoms with Gasteiger partial charge in [0, 0.05) is 117 Å². The van der Waals surface area contributed by atoms with E-state index >= 15 is 0 Å². The fourth-order valence-electron chi connectivity index (χ4n) is 12.5. The van der Waals surface area contributed by atoms with E-state index < -0.39 is 46.5 Å². The average molecular weight is 1300 g/mol. The molecule has 0 saturated carbocycles. The number of piperazine rings is 1. The van der Waals surface area contributed by atoms with E-state index in [1.807, 2.05) is 136 Å². The second kappa shape index (κ2) is 34.5. The van der Waals surface area contributed by atoms with Gasteiger partial charge in [-0.2, -0.15) is 0 Å². The molecule has 6 atom stereocenters. The van der Waals surface area contributed by atoms with Crippen LogP contribution < -0.4 is 25.6 Å². The molecule has 18 heteroatoms. The van der Waals surface area contributed by atoms with Crippen LogP contribution in [-0.4, -0.2) is 139 Å². The SMILES string of the molecule is CC(C)(C)NC(=O)[C@@H]1CN(Cc2cccnc2)CCN1C[C@@H](O)C[C@@H](Cc1ccccc1)C(=O)N[C@H]1c2ccccc2C[C@H]1O.CCCCOCCOc1ccc(-c2ccc3c(c2)C=C(C(=O)Nc2ccc([S@@](=O)Cc4cncn4CCC)cc2)CCN3CC(C)C)cc1. The summed E-state index contributed by atoms with van der Waals surface area (Å²) in [7, 11) is -1.21. The molecular weight excluding hydrogens is 1200 g/mol. The van der Waals surface area contributed by atoms with Gasteiger partial charge >= 0.3 is 0 Å². The second-order valence-corrected chi connectivity index (χ2v) is 27.9. The van der Waals surface area contributed by atoms with Crippen LogP contribution in [0, 0.1) is 11.8 Å². The van der Waals surface area contributed by atoms with E-state index in [9.17, 15) is 28.8 Å². The Hall–Kier alpha value is -7.84. The van der Waals surface area contributed by atoms with Crippen molar-refractivity contribution < 1.29 is 38.3 Å². The highest BCUT2D eigenvalue weighted by Crippen LogP contribution is 2.35. The van der Waals surface area contributed by atoms with Crippen LogP contribution in [-0.2, 0) is 61.6 Å². The Morgan fingerprint density at radius 2 is 1.55 bits per heavy atom. The van der Waals surface area contributed by atoms with E-state index in [2.05, 4.69) is 103 Å². The number of anilines is 2. The number of nitrogens with zero attached hydrogens (tertiary/aromatic N) is 6. The van der Waals surface area contributed by atoms with Gasteiger partial charge in [-0.05, 0) is 158 Å². The van der Waals surface area contributed by atoms with Gasteiger partial charge in [-0.25, -0.2) is 4.98 Å². The largest absolute Gasteiger partial charge is 0.491 e. The summed E-state index contributed by atoms with van der Waals surface area (Å²) in [5.41, 5.74) is 10.4. The molecule has 7 aromatic rings. The molecule has 10 rings (SSSR count). The molecule has 3 aliphatic rings. The number of carbonyl (C=O) groups is 3. The number of pyridine rings is 1. The molecule has 2 aromatic heterocycles. The van der Waals surface area contributed by atoms with Crippen molar-refractivity contribution in [1.82, 2.24) is 35.0 Å². The minimum Gasteiger partial charge on any atom is -0.491 e. The summed E-state index contributed by atoms with van der Waals surface area (Å²) in [6.45, 7) is 21.8. The monoisotopic (exact) mass is 1300 g/mol. The number of carbonyl (C=O) groups excluding carboxylic acids is 3. The van der Waals surface area contributed by atoms with E-state index in [4.69, 9.17) is 9.47 Å². The highest BCUT2D eigenvalue weighted by atomic mass is 32.2. The predicted octanol–water partition coefficient (Wildman–Crippen LogP) is 11.2. The summed E-state index contributed by atoms with van der Waals surface area (Å²) >= 11 is 0. The molecule has 4 heterocycles. The third-order valence-corrected chi connectivity index (χ3v) is 18.5. The number of ether oxygens (including phenoxy) is 2. The van der Waals surface area contributed by atoms with Crippen molar-refractivity contribution in [2.75, 3.05) is 69.3 Å². The molecule has 0 unspecified atom stereocenters. The topological polar surface area (TPSA) is 204 Å². The minimum atomic E-state index is -1.21. The van der Waals surface area contributed by atoms with Crippen molar-refractivity contribution in [2.24, 2.45) is 11.8 Å². The smallest absolute Gasteiger partial charge is 0.251 e. The van der Waals surface area contributed by atoms with Gasteiger partial charge in [-0.3, -0.25) is 33.4 Å². The first kappa shape index (κ1) is 70.5. The number of amides is 3. The lowest BCUT2D eigenvalue weighted by Gasteiger charge is -2.42. The molecule has 1 fully saturated rings. The van der Waals surface area contributed by atoms with Gasteiger partial charge in [0.25, 0.3) is 5.91 Å². The number of fused-ring (bicyclic) bond motifs is 2. The summed E-state index contributed by atoms with van der Waals surface area (Å²) in [5, 5.41) is 31.6. The molecule has 5 N–H and O–H groups in total. The van der Waals surface area contributed by atoms with Gasteiger partial charge in [0.1, 0.15) is 18.4 Å². The van der Waals surface area contributed by atoms with Crippen molar-refractivity contribution in [3.05, 3.63) is 197 Å². The van der Waals surface area contributed by atoms with Crippen molar-refractivity contribution in [2.45, 2.75) is 147 Å². The van der Waals surface area contributed by atoms with E-state index in [1.54, 1.807) is 18.7 Å². The summed E-state index contributed by atoms with van der Waals surface area (Å²) < 4.78 is 26.6. The molecule has 2 aliphatic heterocycles. The Bertz CT molecular complexity index is 3600. The molecule has 500 valence electrons. The highest BCUT2D eigenvalue weighted by Gasteiger charge is 2.38. The van der Waals surface area contributed by atoms with Gasteiger partial charge in [0.05, 0.1) is 53.4 Å². The molecular formula is C76H97N9O8S. The standard InChI is InChI=1S/C40H50N4O4S.C36H47N5O4/c1-5-7-21-47-22-23-48-37-13-8-31(9-14-37)32-10-17-39-34(24-32)25-33(18-20-43(39)27-30(3)4)40(45)42-35-11-15-38(16-12-35)49(46)28-36-26-41-29-44(36)19-6-2;1-36(2,3)39-35(45)31-24-40(22-26-12-9-15-37-21-26)16-17-41(31)23-29(42)19-28(18-25-10-5-4-6-11-25)34(44)38-33-30-14-8-7-13-27(30)20-32(33)43/h8-17,24-26,29-30H,5-7,18-23,27-28H2,1-4H3,(H,42,45);4-15,21,28-29,31-33,42-43H,16-20,22-24H2,1-3H3,(H,38,44)(H,39,45)/t49-;28-,29+,31+,32-,33+/m01/s1. The molecule has 3 amide bonds. The zero-order valence-corrected chi connectivity index (χ0v) is 56.7. The zero-order chi connectivity index (χ0) is 66.6. The number of hydrogen-bond acceptors (Lipinski definition) is 13. The maximum absolute atomic E-state index is 13.8. The normalized spacial score (nSPS) is 17.5. The Morgan fingerprint density at radius 1 is 0.798 bits per heavy atom. The fraction of sp³-hybridized carbons (Fsp3) is 0.434. The lowest BCUT2D eigenvalue weighted by atomic mass is 9.91. The van der Waals surface area contributed by atoms with E-state index in [-0.39, 0.29) is 30.7 Å². The van der Waals surface area contributed by atoms with Gasteiger partial charge in [-0.1, -0.05) is 113 Å². The Kier molecular flexibility index (Phi) is 25.9. The average Bonchev–Trinajstić information content (AvgIpc) is 1.56. The van der Waals surface area contributed by atoms with Gasteiger partial charge in [-0.15, -0.1) is 0 Å². The number of unbranched alkanes of at least 4 members (excludes halogenated alkanes) is 1. The van der Waals surface area contributed by atoms with Crippen LogP contribution in [0.1, 0.15) is 120 Å². The zero-order valence-electron chi connectivity index (χ0n) is 55.9. The summed E-state index contributed by atoms with van der Waals surface area (Å²) in [6, 6.07) is 42.6. The molecule has 0 spiro atoms. The minimum absolute atomic E-state index is 0.0712. The maximum Gasteiger partial charge on any atom is 0.251 e. The number of imidazole rings is 1. The second-order valence-electron chi connectivity index (χ2n) is 26.5. The quantitative estimate of drug-likeness (QED) is 0.0290. The van der Waals surface area contributed by atoms with E-state index in [0.29, 0.717) is 69.5 Å². The third-order valence-electron chi connectivity index (χ3n) is 17.2. The first-order valence-corrected chi connectivity index (χ1v) is 34.9.